The molecule has 174 valence electrons. The van der Waals surface area contributed by atoms with Gasteiger partial charge < -0.3 is 20.1 Å². The highest BCUT2D eigenvalue weighted by molar-refractivity contribution is 7.92. The Morgan fingerprint density at radius 3 is 2.59 bits per heavy atom. The van der Waals surface area contributed by atoms with Crippen LogP contribution in [0.1, 0.15) is 19.4 Å². The topological polar surface area (TPSA) is 108 Å². The Bertz CT molecular complexity index is 1030. The van der Waals surface area contributed by atoms with Crippen LogP contribution >= 0.6 is 0 Å². The molecule has 9 heteroatoms. The third-order valence-corrected chi connectivity index (χ3v) is 7.02. The molecule has 1 aliphatic rings. The van der Waals surface area contributed by atoms with Crippen LogP contribution in [-0.4, -0.2) is 63.2 Å². The normalized spacial score (nSPS) is 20.4. The molecule has 1 aliphatic heterocycles. The van der Waals surface area contributed by atoms with Gasteiger partial charge in [-0.2, -0.15) is 0 Å². The van der Waals surface area contributed by atoms with Gasteiger partial charge in [0.05, 0.1) is 24.0 Å². The van der Waals surface area contributed by atoms with Crippen LogP contribution in [0.25, 0.3) is 0 Å². The van der Waals surface area contributed by atoms with Gasteiger partial charge in [-0.3, -0.25) is 9.52 Å². The molecule has 0 spiro atoms. The van der Waals surface area contributed by atoms with E-state index in [1.54, 1.807) is 41.3 Å². The first kappa shape index (κ1) is 24.0. The maximum atomic E-state index is 13.1. The summed E-state index contributed by atoms with van der Waals surface area (Å²) in [6.07, 6.45) is -0.163. The smallest absolute Gasteiger partial charge is 0.261 e. The van der Waals surface area contributed by atoms with Crippen LogP contribution in [0, 0.1) is 5.92 Å². The van der Waals surface area contributed by atoms with Crippen molar-refractivity contribution in [3.63, 3.8) is 0 Å². The van der Waals surface area contributed by atoms with E-state index >= 15 is 0 Å². The van der Waals surface area contributed by atoms with Crippen LogP contribution in [0.2, 0.25) is 0 Å². The number of amides is 1. The monoisotopic (exact) mass is 461 g/mol. The van der Waals surface area contributed by atoms with Crippen LogP contribution in [0.15, 0.2) is 53.4 Å². The van der Waals surface area contributed by atoms with Crippen LogP contribution in [0.3, 0.4) is 0 Å². The molecule has 3 atom stereocenters. The summed E-state index contributed by atoms with van der Waals surface area (Å²) in [5.74, 6) is 0.422. The predicted octanol–water partition coefficient (Wildman–Crippen LogP) is 1.86. The molecular formula is C23H31N3O5S. The number of nitrogens with zero attached hydrogens (tertiary/aromatic N) is 1. The van der Waals surface area contributed by atoms with Crippen molar-refractivity contribution < 1.29 is 23.1 Å². The van der Waals surface area contributed by atoms with Crippen LogP contribution in [0.5, 0.6) is 5.75 Å². The van der Waals surface area contributed by atoms with Gasteiger partial charge in [-0.1, -0.05) is 25.1 Å². The predicted molar refractivity (Wildman–Crippen MR) is 123 cm³/mol. The second-order valence-corrected chi connectivity index (χ2v) is 9.87. The van der Waals surface area contributed by atoms with E-state index in [1.807, 2.05) is 20.9 Å². The number of ether oxygens (including phenoxy) is 1. The number of hydrogen-bond acceptors (Lipinski definition) is 6. The number of carbonyl (C=O) groups excluding carboxylic acids is 1. The maximum absolute atomic E-state index is 13.1. The summed E-state index contributed by atoms with van der Waals surface area (Å²) in [7, 11) is -1.92. The molecule has 0 aromatic heterocycles. The molecule has 8 nitrogen and oxygen atoms in total. The Morgan fingerprint density at radius 2 is 1.94 bits per heavy atom. The summed E-state index contributed by atoms with van der Waals surface area (Å²) in [5, 5.41) is 12.8. The minimum absolute atomic E-state index is 0.0163. The molecule has 1 heterocycles. The van der Waals surface area contributed by atoms with Crippen molar-refractivity contribution in [3.05, 3.63) is 54.1 Å². The first-order valence-corrected chi connectivity index (χ1v) is 12.2. The number of anilines is 1. The summed E-state index contributed by atoms with van der Waals surface area (Å²) in [4.78, 5) is 14.9. The Kier molecular flexibility index (Phi) is 7.76. The number of sulfonamides is 1. The van der Waals surface area contributed by atoms with Gasteiger partial charge in [0.1, 0.15) is 11.9 Å². The first-order chi connectivity index (χ1) is 15.2. The van der Waals surface area contributed by atoms with E-state index in [0.717, 1.165) is 0 Å². The fourth-order valence-corrected chi connectivity index (χ4v) is 4.82. The van der Waals surface area contributed by atoms with Crippen molar-refractivity contribution in [1.82, 2.24) is 10.2 Å². The summed E-state index contributed by atoms with van der Waals surface area (Å²) in [6.45, 7) is 4.72. The minimum Gasteiger partial charge on any atom is -0.488 e. The van der Waals surface area contributed by atoms with Gasteiger partial charge in [0.2, 0.25) is 5.91 Å². The standard InChI is InChI=1S/C23H31N3O5S/c1-16-14-26(17(2)15-27)23(28)12-18-11-19(9-10-21(18)31-22(16)13-24-3)25-32(29,30)20-7-5-4-6-8-20/h4-11,16-17,22,24-25,27H,12-15H2,1-3H3/t16-,17+,22+/m0/s1. The molecule has 0 fully saturated rings. The number of hydrogen-bond donors (Lipinski definition) is 3. The zero-order chi connectivity index (χ0) is 23.3. The third kappa shape index (κ3) is 5.59. The van der Waals surface area contributed by atoms with Crippen LogP contribution in [0.4, 0.5) is 5.69 Å². The number of rotatable bonds is 7. The number of benzene rings is 2. The molecule has 0 saturated heterocycles. The number of fused-ring (bicyclic) bond motifs is 1. The number of carbonyl (C=O) groups is 1. The highest BCUT2D eigenvalue weighted by Gasteiger charge is 2.30. The van der Waals surface area contributed by atoms with Gasteiger partial charge in [0, 0.05) is 30.3 Å². The number of nitrogens with one attached hydrogen (secondary N) is 2. The summed E-state index contributed by atoms with van der Waals surface area (Å²) in [6, 6.07) is 12.7. The van der Waals surface area contributed by atoms with E-state index < -0.39 is 10.0 Å². The van der Waals surface area contributed by atoms with Crippen molar-refractivity contribution in [2.24, 2.45) is 5.92 Å². The van der Waals surface area contributed by atoms with Gasteiger partial charge in [-0.25, -0.2) is 8.42 Å². The summed E-state index contributed by atoms with van der Waals surface area (Å²) >= 11 is 0. The quantitative estimate of drug-likeness (QED) is 0.581. The van der Waals surface area contributed by atoms with E-state index in [4.69, 9.17) is 4.74 Å². The lowest BCUT2D eigenvalue weighted by molar-refractivity contribution is -0.134. The molecule has 2 aromatic rings. The average molecular weight is 462 g/mol. The molecular weight excluding hydrogens is 430 g/mol. The molecule has 32 heavy (non-hydrogen) atoms. The van der Waals surface area contributed by atoms with Crippen molar-refractivity contribution in [1.29, 1.82) is 0 Å². The highest BCUT2D eigenvalue weighted by atomic mass is 32.2. The fraction of sp³-hybridized carbons (Fsp3) is 0.435. The third-order valence-electron chi connectivity index (χ3n) is 5.63. The lowest BCUT2D eigenvalue weighted by Gasteiger charge is -2.32. The molecule has 0 radical (unpaired) electrons. The summed E-state index contributed by atoms with van der Waals surface area (Å²) in [5.41, 5.74) is 0.942. The fourth-order valence-electron chi connectivity index (χ4n) is 3.75. The number of likely N-dealkylation sites (N-methyl/N-ethyl adjacent to an activating group) is 1. The minimum atomic E-state index is -3.76. The van der Waals surface area contributed by atoms with E-state index in [2.05, 4.69) is 10.0 Å². The average Bonchev–Trinajstić information content (AvgIpc) is 2.82. The SMILES string of the molecule is CNC[C@H]1Oc2ccc(NS(=O)(=O)c3ccccc3)cc2CC(=O)N([C@H](C)CO)C[C@@H]1C. The van der Waals surface area contributed by atoms with Gasteiger partial charge in [0.15, 0.2) is 0 Å². The van der Waals surface area contributed by atoms with Gasteiger partial charge in [0.25, 0.3) is 10.0 Å². The Hall–Kier alpha value is -2.62. The molecule has 3 N–H and O–H groups in total. The van der Waals surface area contributed by atoms with Crippen molar-refractivity contribution >= 4 is 21.6 Å². The molecule has 0 bridgehead atoms. The van der Waals surface area contributed by atoms with E-state index in [0.29, 0.717) is 30.1 Å². The molecule has 2 aromatic carbocycles. The second kappa shape index (κ2) is 10.3. The van der Waals surface area contributed by atoms with E-state index in [9.17, 15) is 18.3 Å². The van der Waals surface area contributed by atoms with Gasteiger partial charge in [-0.15, -0.1) is 0 Å². The molecule has 0 saturated carbocycles. The highest BCUT2D eigenvalue weighted by Crippen LogP contribution is 2.29. The van der Waals surface area contributed by atoms with Crippen LogP contribution < -0.4 is 14.8 Å². The zero-order valence-electron chi connectivity index (χ0n) is 18.6. The molecule has 3 rings (SSSR count). The molecule has 0 aliphatic carbocycles. The summed E-state index contributed by atoms with van der Waals surface area (Å²) < 4.78 is 34.3. The van der Waals surface area contributed by atoms with Crippen molar-refractivity contribution in [2.45, 2.75) is 37.3 Å². The Labute approximate surface area is 189 Å². The maximum Gasteiger partial charge on any atom is 0.261 e. The van der Waals surface area contributed by atoms with Crippen molar-refractivity contribution in [3.8, 4) is 5.75 Å². The number of aliphatic hydroxyl groups excluding tert-OH is 1. The zero-order valence-corrected chi connectivity index (χ0v) is 19.4. The largest absolute Gasteiger partial charge is 0.488 e. The Morgan fingerprint density at radius 1 is 1.22 bits per heavy atom. The van der Waals surface area contributed by atoms with Crippen molar-refractivity contribution in [2.75, 3.05) is 31.5 Å². The molecule has 0 unspecified atom stereocenters. The van der Waals surface area contributed by atoms with Crippen LogP contribution in [-0.2, 0) is 21.2 Å². The van der Waals surface area contributed by atoms with Gasteiger partial charge >= 0.3 is 0 Å². The van der Waals surface area contributed by atoms with E-state index in [-0.39, 0.29) is 41.9 Å². The van der Waals surface area contributed by atoms with Gasteiger partial charge in [-0.05, 0) is 44.3 Å². The Balaban J connectivity index is 1.96. The lowest BCUT2D eigenvalue weighted by Crippen LogP contribution is -2.47. The second-order valence-electron chi connectivity index (χ2n) is 8.19. The first-order valence-electron chi connectivity index (χ1n) is 10.7. The van der Waals surface area contributed by atoms with E-state index in [1.165, 1.54) is 12.1 Å². The number of aliphatic hydroxyl groups is 1. The molecule has 1 amide bonds. The lowest BCUT2D eigenvalue weighted by atomic mass is 10.0.